The molecule has 1 aromatic rings. The second-order valence-electron chi connectivity index (χ2n) is 5.34. The van der Waals surface area contributed by atoms with Gasteiger partial charge in [-0.3, -0.25) is 4.68 Å². The summed E-state index contributed by atoms with van der Waals surface area (Å²) in [4.78, 5) is 0. The van der Waals surface area contributed by atoms with Crippen LogP contribution >= 0.6 is 0 Å². The van der Waals surface area contributed by atoms with Crippen LogP contribution in [0.5, 0.6) is 0 Å². The summed E-state index contributed by atoms with van der Waals surface area (Å²) >= 11 is 0. The van der Waals surface area contributed by atoms with E-state index in [-0.39, 0.29) is 0 Å². The van der Waals surface area contributed by atoms with Crippen LogP contribution in [0.3, 0.4) is 0 Å². The molecule has 2 rings (SSSR count). The first-order valence-electron chi connectivity index (χ1n) is 6.79. The molecule has 0 saturated heterocycles. The number of hydrogen-bond acceptors (Lipinski definition) is 3. The zero-order chi connectivity index (χ0) is 12.3. The highest BCUT2D eigenvalue weighted by molar-refractivity contribution is 4.99. The normalized spacial score (nSPS) is 19.2. The number of rotatable bonds is 7. The standard InChI is InChI=1S/C13H24N4/c1-4-7-14-13(10(2)11-5-6-11)8-12-9-17(3)16-15-12/h9-11,13-14H,4-8H2,1-3H3. The van der Waals surface area contributed by atoms with Crippen molar-refractivity contribution in [1.29, 1.82) is 0 Å². The molecule has 1 heterocycles. The molecule has 1 aliphatic rings. The Labute approximate surface area is 104 Å². The van der Waals surface area contributed by atoms with E-state index in [0.717, 1.165) is 30.5 Å². The number of nitrogens with zero attached hydrogens (tertiary/aromatic N) is 3. The molecule has 96 valence electrons. The Hall–Kier alpha value is -0.900. The van der Waals surface area contributed by atoms with Crippen LogP contribution in [0.1, 0.15) is 38.8 Å². The van der Waals surface area contributed by atoms with Crippen LogP contribution in [0.4, 0.5) is 0 Å². The molecular weight excluding hydrogens is 212 g/mol. The molecule has 0 aromatic carbocycles. The minimum absolute atomic E-state index is 0.555. The van der Waals surface area contributed by atoms with Crippen molar-refractivity contribution in [2.45, 2.75) is 45.6 Å². The molecule has 4 heteroatoms. The molecule has 2 atom stereocenters. The van der Waals surface area contributed by atoms with Crippen LogP contribution in [-0.4, -0.2) is 27.6 Å². The topological polar surface area (TPSA) is 42.7 Å². The predicted octanol–water partition coefficient (Wildman–Crippen LogP) is 1.77. The quantitative estimate of drug-likeness (QED) is 0.784. The van der Waals surface area contributed by atoms with Crippen molar-refractivity contribution in [3.05, 3.63) is 11.9 Å². The SMILES string of the molecule is CCCNC(Cc1cn(C)nn1)C(C)C1CC1. The third kappa shape index (κ3) is 3.53. The molecular formula is C13H24N4. The van der Waals surface area contributed by atoms with Gasteiger partial charge in [0.1, 0.15) is 0 Å². The molecule has 1 N–H and O–H groups in total. The maximum Gasteiger partial charge on any atom is 0.0842 e. The van der Waals surface area contributed by atoms with Crippen LogP contribution in [0.2, 0.25) is 0 Å². The highest BCUT2D eigenvalue weighted by atomic mass is 15.4. The summed E-state index contributed by atoms with van der Waals surface area (Å²) < 4.78 is 1.79. The van der Waals surface area contributed by atoms with Crippen molar-refractivity contribution in [2.24, 2.45) is 18.9 Å². The summed E-state index contributed by atoms with van der Waals surface area (Å²) in [7, 11) is 1.93. The number of aryl methyl sites for hydroxylation is 1. The molecule has 17 heavy (non-hydrogen) atoms. The highest BCUT2D eigenvalue weighted by Crippen LogP contribution is 2.38. The van der Waals surface area contributed by atoms with Crippen LogP contribution in [0.25, 0.3) is 0 Å². The van der Waals surface area contributed by atoms with Crippen molar-refractivity contribution in [3.63, 3.8) is 0 Å². The van der Waals surface area contributed by atoms with Gasteiger partial charge in [-0.15, -0.1) is 5.10 Å². The molecule has 0 aliphatic heterocycles. The van der Waals surface area contributed by atoms with Crippen molar-refractivity contribution >= 4 is 0 Å². The number of aromatic nitrogens is 3. The third-order valence-corrected chi connectivity index (χ3v) is 3.74. The van der Waals surface area contributed by atoms with Crippen molar-refractivity contribution < 1.29 is 0 Å². The van der Waals surface area contributed by atoms with Crippen LogP contribution in [0.15, 0.2) is 6.20 Å². The van der Waals surface area contributed by atoms with Gasteiger partial charge in [0.15, 0.2) is 0 Å². The third-order valence-electron chi connectivity index (χ3n) is 3.74. The monoisotopic (exact) mass is 236 g/mol. The smallest absolute Gasteiger partial charge is 0.0842 e. The maximum atomic E-state index is 4.20. The van der Waals surface area contributed by atoms with Gasteiger partial charge in [-0.05, 0) is 37.6 Å². The summed E-state index contributed by atoms with van der Waals surface area (Å²) in [5, 5.41) is 11.9. The fourth-order valence-corrected chi connectivity index (χ4v) is 2.44. The first kappa shape index (κ1) is 12.6. The second kappa shape index (κ2) is 5.63. The van der Waals surface area contributed by atoms with E-state index < -0.39 is 0 Å². The molecule has 1 saturated carbocycles. The Kier molecular flexibility index (Phi) is 4.15. The lowest BCUT2D eigenvalue weighted by Crippen LogP contribution is -2.38. The fraction of sp³-hybridized carbons (Fsp3) is 0.846. The van der Waals surface area contributed by atoms with E-state index >= 15 is 0 Å². The van der Waals surface area contributed by atoms with E-state index in [4.69, 9.17) is 0 Å². The molecule has 0 radical (unpaired) electrons. The Balaban J connectivity index is 1.93. The first-order valence-corrected chi connectivity index (χ1v) is 6.79. The summed E-state index contributed by atoms with van der Waals surface area (Å²) in [6.07, 6.45) is 7.04. The predicted molar refractivity (Wildman–Crippen MR) is 68.7 cm³/mol. The van der Waals surface area contributed by atoms with E-state index in [0.29, 0.717) is 6.04 Å². The molecule has 1 aromatic heterocycles. The van der Waals surface area contributed by atoms with E-state index in [2.05, 4.69) is 29.5 Å². The highest BCUT2D eigenvalue weighted by Gasteiger charge is 2.33. The Morgan fingerprint density at radius 1 is 1.53 bits per heavy atom. The zero-order valence-corrected chi connectivity index (χ0v) is 11.2. The molecule has 2 unspecified atom stereocenters. The van der Waals surface area contributed by atoms with Gasteiger partial charge in [-0.1, -0.05) is 19.1 Å². The van der Waals surface area contributed by atoms with Gasteiger partial charge in [0.05, 0.1) is 5.69 Å². The minimum atomic E-state index is 0.555. The zero-order valence-electron chi connectivity index (χ0n) is 11.2. The van der Waals surface area contributed by atoms with Crippen molar-refractivity contribution in [2.75, 3.05) is 6.54 Å². The van der Waals surface area contributed by atoms with Crippen LogP contribution in [0, 0.1) is 11.8 Å². The van der Waals surface area contributed by atoms with E-state index in [1.165, 1.54) is 19.3 Å². The summed E-state index contributed by atoms with van der Waals surface area (Å²) in [6, 6.07) is 0.555. The van der Waals surface area contributed by atoms with Gasteiger partial charge < -0.3 is 5.32 Å². The van der Waals surface area contributed by atoms with Crippen LogP contribution < -0.4 is 5.32 Å². The molecule has 4 nitrogen and oxygen atoms in total. The second-order valence-corrected chi connectivity index (χ2v) is 5.34. The fourth-order valence-electron chi connectivity index (χ4n) is 2.44. The molecule has 1 fully saturated rings. The molecule has 0 spiro atoms. The largest absolute Gasteiger partial charge is 0.313 e. The minimum Gasteiger partial charge on any atom is -0.313 e. The summed E-state index contributed by atoms with van der Waals surface area (Å²) in [6.45, 7) is 5.69. The van der Waals surface area contributed by atoms with Gasteiger partial charge in [0, 0.05) is 25.7 Å². The Morgan fingerprint density at radius 3 is 2.82 bits per heavy atom. The van der Waals surface area contributed by atoms with Gasteiger partial charge in [0.2, 0.25) is 0 Å². The summed E-state index contributed by atoms with van der Waals surface area (Å²) in [5.74, 6) is 1.68. The van der Waals surface area contributed by atoms with Gasteiger partial charge in [-0.25, -0.2) is 0 Å². The van der Waals surface area contributed by atoms with E-state index in [1.54, 1.807) is 4.68 Å². The Morgan fingerprint density at radius 2 is 2.29 bits per heavy atom. The average molecular weight is 236 g/mol. The summed E-state index contributed by atoms with van der Waals surface area (Å²) in [5.41, 5.74) is 1.11. The number of hydrogen-bond donors (Lipinski definition) is 1. The average Bonchev–Trinajstić information content (AvgIpc) is 3.08. The lowest BCUT2D eigenvalue weighted by molar-refractivity contribution is 0.337. The van der Waals surface area contributed by atoms with Crippen molar-refractivity contribution in [3.8, 4) is 0 Å². The van der Waals surface area contributed by atoms with Gasteiger partial charge in [-0.2, -0.15) is 0 Å². The van der Waals surface area contributed by atoms with Crippen molar-refractivity contribution in [1.82, 2.24) is 20.3 Å². The maximum absolute atomic E-state index is 4.20. The number of nitrogens with one attached hydrogen (secondary N) is 1. The lowest BCUT2D eigenvalue weighted by Gasteiger charge is -2.24. The van der Waals surface area contributed by atoms with Gasteiger partial charge in [0.25, 0.3) is 0 Å². The van der Waals surface area contributed by atoms with Crippen LogP contribution in [-0.2, 0) is 13.5 Å². The van der Waals surface area contributed by atoms with E-state index in [9.17, 15) is 0 Å². The first-order chi connectivity index (χ1) is 8.20. The molecule has 1 aliphatic carbocycles. The van der Waals surface area contributed by atoms with Gasteiger partial charge >= 0.3 is 0 Å². The lowest BCUT2D eigenvalue weighted by atomic mass is 9.93. The van der Waals surface area contributed by atoms with E-state index in [1.807, 2.05) is 13.2 Å². The molecule has 0 bridgehead atoms. The Bertz CT molecular complexity index is 343. The molecule has 0 amide bonds.